The third kappa shape index (κ3) is 3.34. The lowest BCUT2D eigenvalue weighted by Crippen LogP contribution is -2.39. The van der Waals surface area contributed by atoms with Crippen LogP contribution in [0.4, 0.5) is 0 Å². The first-order chi connectivity index (χ1) is 12.0. The Balaban J connectivity index is 1.77. The van der Waals surface area contributed by atoms with E-state index in [2.05, 4.69) is 10.2 Å². The van der Waals surface area contributed by atoms with Gasteiger partial charge in [-0.15, -0.1) is 10.2 Å². The molecule has 9 heteroatoms. The number of hydrogen-bond donors (Lipinski definition) is 0. The average Bonchev–Trinajstić information content (AvgIpc) is 3.07. The number of benzene rings is 1. The molecule has 0 N–H and O–H groups in total. The van der Waals surface area contributed by atoms with Crippen LogP contribution in [0.1, 0.15) is 24.7 Å². The fourth-order valence-corrected chi connectivity index (χ4v) is 4.63. The number of ether oxygens (including phenoxy) is 2. The van der Waals surface area contributed by atoms with E-state index in [1.54, 1.807) is 18.5 Å². The molecular weight excluding hydrogens is 344 g/mol. The third-order valence-electron chi connectivity index (χ3n) is 4.56. The summed E-state index contributed by atoms with van der Waals surface area (Å²) in [6, 6.07) is 4.89. The number of piperidine rings is 1. The highest BCUT2D eigenvalue weighted by Crippen LogP contribution is 2.32. The zero-order chi connectivity index (χ0) is 18.0. The SMILES string of the molecule is COc1ccc(S(=O)(=O)N2CCC(n3cnnc3C)CC2)cc1OC. The highest BCUT2D eigenvalue weighted by Gasteiger charge is 2.31. The lowest BCUT2D eigenvalue weighted by Gasteiger charge is -2.32. The summed E-state index contributed by atoms with van der Waals surface area (Å²) in [7, 11) is -0.560. The molecule has 8 nitrogen and oxygen atoms in total. The topological polar surface area (TPSA) is 86.6 Å². The van der Waals surface area contributed by atoms with Gasteiger partial charge in [-0.1, -0.05) is 0 Å². The summed E-state index contributed by atoms with van der Waals surface area (Å²) in [6.45, 7) is 2.82. The normalized spacial score (nSPS) is 16.8. The summed E-state index contributed by atoms with van der Waals surface area (Å²) in [5.74, 6) is 1.75. The molecule has 1 aliphatic rings. The van der Waals surface area contributed by atoms with E-state index in [9.17, 15) is 8.42 Å². The van der Waals surface area contributed by atoms with E-state index in [1.165, 1.54) is 24.6 Å². The van der Waals surface area contributed by atoms with Gasteiger partial charge in [-0.2, -0.15) is 4.31 Å². The first-order valence-corrected chi connectivity index (χ1v) is 9.49. The molecule has 1 saturated heterocycles. The molecule has 0 spiro atoms. The summed E-state index contributed by atoms with van der Waals surface area (Å²) in [4.78, 5) is 0.212. The minimum absolute atomic E-state index is 0.212. The van der Waals surface area contributed by atoms with Crippen LogP contribution in [0.25, 0.3) is 0 Å². The van der Waals surface area contributed by atoms with Crippen molar-refractivity contribution >= 4 is 10.0 Å². The predicted octanol–water partition coefficient (Wildman–Crippen LogP) is 1.63. The predicted molar refractivity (Wildman–Crippen MR) is 91.3 cm³/mol. The molecule has 1 aromatic heterocycles. The molecule has 0 amide bonds. The van der Waals surface area contributed by atoms with Crippen LogP contribution in [0.15, 0.2) is 29.4 Å². The van der Waals surface area contributed by atoms with E-state index >= 15 is 0 Å². The van der Waals surface area contributed by atoms with Crippen LogP contribution < -0.4 is 9.47 Å². The van der Waals surface area contributed by atoms with Gasteiger partial charge in [0.05, 0.1) is 19.1 Å². The summed E-state index contributed by atoms with van der Waals surface area (Å²) in [5, 5.41) is 7.90. The van der Waals surface area contributed by atoms with Gasteiger partial charge in [0.2, 0.25) is 10.0 Å². The smallest absolute Gasteiger partial charge is 0.243 e. The molecule has 0 unspecified atom stereocenters. The van der Waals surface area contributed by atoms with Crippen LogP contribution in [-0.4, -0.2) is 54.8 Å². The van der Waals surface area contributed by atoms with Gasteiger partial charge in [0, 0.05) is 25.2 Å². The van der Waals surface area contributed by atoms with Gasteiger partial charge < -0.3 is 14.0 Å². The van der Waals surface area contributed by atoms with Gasteiger partial charge >= 0.3 is 0 Å². The second-order valence-corrected chi connectivity index (χ2v) is 7.88. The third-order valence-corrected chi connectivity index (χ3v) is 6.46. The van der Waals surface area contributed by atoms with Crippen molar-refractivity contribution in [3.63, 3.8) is 0 Å². The number of rotatable bonds is 5. The maximum Gasteiger partial charge on any atom is 0.243 e. The molecule has 0 saturated carbocycles. The van der Waals surface area contributed by atoms with E-state index in [4.69, 9.17) is 9.47 Å². The minimum Gasteiger partial charge on any atom is -0.493 e. The van der Waals surface area contributed by atoms with Crippen molar-refractivity contribution in [2.45, 2.75) is 30.7 Å². The number of aromatic nitrogens is 3. The van der Waals surface area contributed by atoms with Gasteiger partial charge in [-0.05, 0) is 31.9 Å². The van der Waals surface area contributed by atoms with Gasteiger partial charge in [-0.25, -0.2) is 8.42 Å². The zero-order valence-corrected chi connectivity index (χ0v) is 15.4. The van der Waals surface area contributed by atoms with Crippen LogP contribution in [0.5, 0.6) is 11.5 Å². The summed E-state index contributed by atoms with van der Waals surface area (Å²) < 4.78 is 39.7. The number of methoxy groups -OCH3 is 2. The lowest BCUT2D eigenvalue weighted by molar-refractivity contribution is 0.271. The maximum absolute atomic E-state index is 12.9. The first-order valence-electron chi connectivity index (χ1n) is 8.05. The lowest BCUT2D eigenvalue weighted by atomic mass is 10.1. The van der Waals surface area contributed by atoms with E-state index in [0.29, 0.717) is 24.6 Å². The Labute approximate surface area is 147 Å². The monoisotopic (exact) mass is 366 g/mol. The summed E-state index contributed by atoms with van der Waals surface area (Å²) in [5.41, 5.74) is 0. The van der Waals surface area contributed by atoms with Crippen molar-refractivity contribution in [2.24, 2.45) is 0 Å². The zero-order valence-electron chi connectivity index (χ0n) is 14.5. The quantitative estimate of drug-likeness (QED) is 0.799. The van der Waals surface area contributed by atoms with Crippen molar-refractivity contribution in [3.8, 4) is 11.5 Å². The number of aryl methyl sites for hydroxylation is 1. The Hall–Kier alpha value is -2.13. The Bertz CT molecular complexity index is 842. The average molecular weight is 366 g/mol. The molecule has 0 bridgehead atoms. The molecule has 0 radical (unpaired) electrons. The molecule has 2 heterocycles. The van der Waals surface area contributed by atoms with Gasteiger partial charge in [0.1, 0.15) is 12.2 Å². The highest BCUT2D eigenvalue weighted by molar-refractivity contribution is 7.89. The molecule has 0 atom stereocenters. The second kappa shape index (κ2) is 7.01. The van der Waals surface area contributed by atoms with Crippen LogP contribution in [0, 0.1) is 6.92 Å². The van der Waals surface area contributed by atoms with Crippen LogP contribution >= 0.6 is 0 Å². The van der Waals surface area contributed by atoms with Gasteiger partial charge in [0.25, 0.3) is 0 Å². The Morgan fingerprint density at radius 2 is 1.80 bits per heavy atom. The molecule has 1 fully saturated rings. The van der Waals surface area contributed by atoms with E-state index < -0.39 is 10.0 Å². The van der Waals surface area contributed by atoms with Crippen LogP contribution in [0.2, 0.25) is 0 Å². The fourth-order valence-electron chi connectivity index (χ4n) is 3.15. The molecule has 136 valence electrons. The molecule has 1 aliphatic heterocycles. The fraction of sp³-hybridized carbons (Fsp3) is 0.500. The minimum atomic E-state index is -3.56. The van der Waals surface area contributed by atoms with E-state index in [0.717, 1.165) is 18.7 Å². The second-order valence-electron chi connectivity index (χ2n) is 5.94. The van der Waals surface area contributed by atoms with Crippen molar-refractivity contribution in [1.29, 1.82) is 0 Å². The van der Waals surface area contributed by atoms with E-state index in [1.807, 2.05) is 11.5 Å². The molecular formula is C16H22N4O4S. The molecule has 2 aromatic rings. The van der Waals surface area contributed by atoms with Crippen molar-refractivity contribution in [3.05, 3.63) is 30.4 Å². The number of hydrogen-bond acceptors (Lipinski definition) is 6. The first kappa shape index (κ1) is 17.7. The standard InChI is InChI=1S/C16H22N4O4S/c1-12-18-17-11-20(12)13-6-8-19(9-7-13)25(21,22)14-4-5-15(23-2)16(10-14)24-3/h4-5,10-11,13H,6-9H2,1-3H3. The van der Waals surface area contributed by atoms with Crippen molar-refractivity contribution in [2.75, 3.05) is 27.3 Å². The number of nitrogens with zero attached hydrogens (tertiary/aromatic N) is 4. The largest absolute Gasteiger partial charge is 0.493 e. The van der Waals surface area contributed by atoms with Crippen molar-refractivity contribution < 1.29 is 17.9 Å². The maximum atomic E-state index is 12.9. The Kier molecular flexibility index (Phi) is 4.96. The van der Waals surface area contributed by atoms with Crippen LogP contribution in [0.3, 0.4) is 0 Å². The van der Waals surface area contributed by atoms with Gasteiger partial charge in [0.15, 0.2) is 11.5 Å². The molecule has 3 rings (SSSR count). The Morgan fingerprint density at radius 3 is 2.36 bits per heavy atom. The summed E-state index contributed by atoms with van der Waals surface area (Å²) >= 11 is 0. The van der Waals surface area contributed by atoms with Gasteiger partial charge in [-0.3, -0.25) is 0 Å². The molecule has 0 aliphatic carbocycles. The highest BCUT2D eigenvalue weighted by atomic mass is 32.2. The summed E-state index contributed by atoms with van der Waals surface area (Å²) in [6.07, 6.45) is 3.16. The van der Waals surface area contributed by atoms with E-state index in [-0.39, 0.29) is 10.9 Å². The van der Waals surface area contributed by atoms with Crippen LogP contribution in [-0.2, 0) is 10.0 Å². The van der Waals surface area contributed by atoms with Crippen molar-refractivity contribution in [1.82, 2.24) is 19.1 Å². The molecule has 25 heavy (non-hydrogen) atoms. The number of sulfonamides is 1. The molecule has 1 aromatic carbocycles. The Morgan fingerprint density at radius 1 is 1.12 bits per heavy atom.